The van der Waals surface area contributed by atoms with Crippen molar-refractivity contribution in [3.63, 3.8) is 0 Å². The first-order valence-corrected chi connectivity index (χ1v) is 7.34. The molecule has 2 heterocycles. The summed E-state index contributed by atoms with van der Waals surface area (Å²) in [7, 11) is 0. The van der Waals surface area contributed by atoms with Gasteiger partial charge in [-0.05, 0) is 35.9 Å². The minimum absolute atomic E-state index is 0.121. The normalized spacial score (nSPS) is 16.4. The second kappa shape index (κ2) is 5.12. The molecule has 2 aromatic rings. The summed E-state index contributed by atoms with van der Waals surface area (Å²) >= 11 is 1.75. The van der Waals surface area contributed by atoms with Crippen LogP contribution in [-0.2, 0) is 6.42 Å². The third-order valence-corrected chi connectivity index (χ3v) is 4.54. The number of hydrogen-bond donors (Lipinski definition) is 1. The van der Waals surface area contributed by atoms with Gasteiger partial charge in [0.25, 0.3) is 0 Å². The Labute approximate surface area is 112 Å². The lowest BCUT2D eigenvalue weighted by Gasteiger charge is -2.33. The van der Waals surface area contributed by atoms with E-state index in [-0.39, 0.29) is 6.04 Å². The molecule has 0 spiro atoms. The number of nitrogens with zero attached hydrogens (tertiary/aromatic N) is 1. The lowest BCUT2D eigenvalue weighted by Crippen LogP contribution is -2.35. The molecule has 0 aliphatic carbocycles. The van der Waals surface area contributed by atoms with E-state index in [0.717, 1.165) is 13.1 Å². The topological polar surface area (TPSA) is 29.3 Å². The highest BCUT2D eigenvalue weighted by atomic mass is 32.1. The number of hydrogen-bond acceptors (Lipinski definition) is 3. The molecule has 1 unspecified atom stereocenters. The number of aryl methyl sites for hydroxylation is 1. The third-order valence-electron chi connectivity index (χ3n) is 3.53. The van der Waals surface area contributed by atoms with Crippen molar-refractivity contribution < 1.29 is 0 Å². The van der Waals surface area contributed by atoms with E-state index in [9.17, 15) is 0 Å². The molecule has 0 bridgehead atoms. The molecular formula is C15H18N2S. The van der Waals surface area contributed by atoms with E-state index >= 15 is 0 Å². The van der Waals surface area contributed by atoms with Crippen LogP contribution in [0.5, 0.6) is 0 Å². The summed E-state index contributed by atoms with van der Waals surface area (Å²) in [4.78, 5) is 3.71. The second-order valence-electron chi connectivity index (χ2n) is 4.80. The van der Waals surface area contributed by atoms with Gasteiger partial charge in [0.15, 0.2) is 0 Å². The summed E-state index contributed by atoms with van der Waals surface area (Å²) in [5.41, 5.74) is 9.13. The van der Waals surface area contributed by atoms with Crippen LogP contribution in [0.4, 0.5) is 5.69 Å². The van der Waals surface area contributed by atoms with Crippen LogP contribution in [0.25, 0.3) is 0 Å². The van der Waals surface area contributed by atoms with Crippen molar-refractivity contribution in [2.75, 3.05) is 18.0 Å². The number of thiophene rings is 1. The van der Waals surface area contributed by atoms with Crippen LogP contribution in [-0.4, -0.2) is 13.1 Å². The van der Waals surface area contributed by atoms with Crippen LogP contribution in [0, 0.1) is 0 Å². The fourth-order valence-electron chi connectivity index (χ4n) is 2.63. The Balaban J connectivity index is 1.78. The average molecular weight is 258 g/mol. The standard InChI is InChI=1S/C15H18N2S/c16-13(15-8-4-10-18-15)11-17-9-3-6-12-5-1-2-7-14(12)17/h1-2,4-5,7-8,10,13H,3,6,9,11,16H2. The van der Waals surface area contributed by atoms with Gasteiger partial charge in [0, 0.05) is 23.7 Å². The molecule has 1 atom stereocenters. The highest BCUT2D eigenvalue weighted by molar-refractivity contribution is 7.10. The molecule has 18 heavy (non-hydrogen) atoms. The predicted octanol–water partition coefficient (Wildman–Crippen LogP) is 3.20. The molecule has 0 fully saturated rings. The summed E-state index contributed by atoms with van der Waals surface area (Å²) in [6.07, 6.45) is 2.43. The Morgan fingerprint density at radius 3 is 2.94 bits per heavy atom. The van der Waals surface area contributed by atoms with Gasteiger partial charge in [-0.2, -0.15) is 0 Å². The Hall–Kier alpha value is -1.32. The number of rotatable bonds is 3. The molecule has 1 aromatic carbocycles. The van der Waals surface area contributed by atoms with Crippen molar-refractivity contribution in [2.45, 2.75) is 18.9 Å². The fourth-order valence-corrected chi connectivity index (χ4v) is 3.35. The minimum Gasteiger partial charge on any atom is -0.369 e. The van der Waals surface area contributed by atoms with Gasteiger partial charge in [-0.15, -0.1) is 11.3 Å². The summed E-state index contributed by atoms with van der Waals surface area (Å²) in [6, 6.07) is 13.0. The zero-order valence-electron chi connectivity index (χ0n) is 10.4. The summed E-state index contributed by atoms with van der Waals surface area (Å²) < 4.78 is 0. The number of benzene rings is 1. The maximum Gasteiger partial charge on any atom is 0.0567 e. The van der Waals surface area contributed by atoms with E-state index in [2.05, 4.69) is 46.7 Å². The molecule has 3 rings (SSSR count). The van der Waals surface area contributed by atoms with E-state index in [1.165, 1.54) is 29.0 Å². The van der Waals surface area contributed by atoms with E-state index in [4.69, 9.17) is 5.73 Å². The maximum absolute atomic E-state index is 6.30. The molecule has 0 saturated heterocycles. The highest BCUT2D eigenvalue weighted by Gasteiger charge is 2.19. The van der Waals surface area contributed by atoms with Gasteiger partial charge >= 0.3 is 0 Å². The number of anilines is 1. The molecule has 0 saturated carbocycles. The van der Waals surface area contributed by atoms with Crippen molar-refractivity contribution >= 4 is 17.0 Å². The SMILES string of the molecule is NC(CN1CCCc2ccccc21)c1cccs1. The van der Waals surface area contributed by atoms with Gasteiger partial charge in [0.2, 0.25) is 0 Å². The zero-order chi connectivity index (χ0) is 12.4. The Morgan fingerprint density at radius 1 is 1.22 bits per heavy atom. The molecule has 3 heteroatoms. The Morgan fingerprint density at radius 2 is 2.11 bits per heavy atom. The van der Waals surface area contributed by atoms with Gasteiger partial charge in [0.1, 0.15) is 0 Å². The van der Waals surface area contributed by atoms with E-state index in [1.54, 1.807) is 11.3 Å². The van der Waals surface area contributed by atoms with Crippen LogP contribution >= 0.6 is 11.3 Å². The maximum atomic E-state index is 6.30. The monoisotopic (exact) mass is 258 g/mol. The lowest BCUT2D eigenvalue weighted by molar-refractivity contribution is 0.631. The first kappa shape index (κ1) is 11.8. The molecule has 94 valence electrons. The zero-order valence-corrected chi connectivity index (χ0v) is 11.2. The van der Waals surface area contributed by atoms with E-state index in [1.807, 2.05) is 0 Å². The van der Waals surface area contributed by atoms with E-state index in [0.29, 0.717) is 0 Å². The number of para-hydroxylation sites is 1. The molecule has 1 aliphatic heterocycles. The van der Waals surface area contributed by atoms with Gasteiger partial charge in [-0.3, -0.25) is 0 Å². The second-order valence-corrected chi connectivity index (χ2v) is 5.78. The largest absolute Gasteiger partial charge is 0.369 e. The minimum atomic E-state index is 0.121. The van der Waals surface area contributed by atoms with E-state index < -0.39 is 0 Å². The van der Waals surface area contributed by atoms with Crippen molar-refractivity contribution in [3.05, 3.63) is 52.2 Å². The summed E-state index contributed by atoms with van der Waals surface area (Å²) in [5, 5.41) is 2.10. The van der Waals surface area contributed by atoms with Gasteiger partial charge in [-0.1, -0.05) is 24.3 Å². The van der Waals surface area contributed by atoms with Crippen molar-refractivity contribution in [3.8, 4) is 0 Å². The lowest BCUT2D eigenvalue weighted by atomic mass is 10.0. The molecule has 0 radical (unpaired) electrons. The first-order valence-electron chi connectivity index (χ1n) is 6.46. The fraction of sp³-hybridized carbons (Fsp3) is 0.333. The van der Waals surface area contributed by atoms with Gasteiger partial charge in [-0.25, -0.2) is 0 Å². The molecule has 0 amide bonds. The molecule has 2 nitrogen and oxygen atoms in total. The number of fused-ring (bicyclic) bond motifs is 1. The summed E-state index contributed by atoms with van der Waals surface area (Å²) in [6.45, 7) is 2.04. The van der Waals surface area contributed by atoms with Crippen LogP contribution in [0.1, 0.15) is 22.9 Å². The number of nitrogens with two attached hydrogens (primary N) is 1. The molecule has 1 aliphatic rings. The van der Waals surface area contributed by atoms with Crippen molar-refractivity contribution in [1.82, 2.24) is 0 Å². The van der Waals surface area contributed by atoms with Gasteiger partial charge in [0.05, 0.1) is 6.04 Å². The van der Waals surface area contributed by atoms with Crippen LogP contribution < -0.4 is 10.6 Å². The predicted molar refractivity (Wildman–Crippen MR) is 78.2 cm³/mol. The third kappa shape index (κ3) is 2.28. The average Bonchev–Trinajstić information content (AvgIpc) is 2.93. The van der Waals surface area contributed by atoms with Crippen LogP contribution in [0.3, 0.4) is 0 Å². The van der Waals surface area contributed by atoms with Crippen molar-refractivity contribution in [2.24, 2.45) is 5.73 Å². The first-order chi connectivity index (χ1) is 8.84. The van der Waals surface area contributed by atoms with Gasteiger partial charge < -0.3 is 10.6 Å². The van der Waals surface area contributed by atoms with Crippen molar-refractivity contribution in [1.29, 1.82) is 0 Å². The molecular weight excluding hydrogens is 240 g/mol. The summed E-state index contributed by atoms with van der Waals surface area (Å²) in [5.74, 6) is 0. The molecule has 1 aromatic heterocycles. The Bertz CT molecular complexity index is 507. The quantitative estimate of drug-likeness (QED) is 0.916. The smallest absolute Gasteiger partial charge is 0.0567 e. The Kier molecular flexibility index (Phi) is 3.35. The highest BCUT2D eigenvalue weighted by Crippen LogP contribution is 2.28. The van der Waals surface area contributed by atoms with Crippen LogP contribution in [0.15, 0.2) is 41.8 Å². The molecule has 2 N–H and O–H groups in total. The van der Waals surface area contributed by atoms with Crippen LogP contribution in [0.2, 0.25) is 0 Å².